The minimum atomic E-state index is 0.555. The molecule has 0 fully saturated rings. The fourth-order valence-corrected chi connectivity index (χ4v) is 2.56. The van der Waals surface area contributed by atoms with Gasteiger partial charge < -0.3 is 10.5 Å². The smallest absolute Gasteiger partial charge is 0.130 e. The van der Waals surface area contributed by atoms with Crippen molar-refractivity contribution in [3.05, 3.63) is 53.6 Å². The maximum atomic E-state index is 5.87. The molecule has 2 aromatic rings. The summed E-state index contributed by atoms with van der Waals surface area (Å²) in [5, 5.41) is 0. The summed E-state index contributed by atoms with van der Waals surface area (Å²) in [6.45, 7) is 1.37. The van der Waals surface area contributed by atoms with E-state index in [0.29, 0.717) is 6.54 Å². The third-order valence-corrected chi connectivity index (χ3v) is 3.46. The molecule has 2 nitrogen and oxygen atoms in total. The molecule has 0 aliphatic carbocycles. The Morgan fingerprint density at radius 3 is 2.72 bits per heavy atom. The van der Waals surface area contributed by atoms with E-state index in [4.69, 9.17) is 10.5 Å². The summed E-state index contributed by atoms with van der Waals surface area (Å²) in [6, 6.07) is 14.7. The number of hydrogen-bond donors (Lipinski definition) is 1. The van der Waals surface area contributed by atoms with Crippen LogP contribution in [-0.4, -0.2) is 6.61 Å². The first kappa shape index (κ1) is 11.3. The molecule has 2 aromatic carbocycles. The molecule has 0 radical (unpaired) electrons. The van der Waals surface area contributed by atoms with Crippen LogP contribution in [0.25, 0.3) is 11.1 Å². The highest BCUT2D eigenvalue weighted by Crippen LogP contribution is 2.37. The molecule has 92 valence electrons. The molecule has 0 aromatic heterocycles. The van der Waals surface area contributed by atoms with Gasteiger partial charge in [0.15, 0.2) is 0 Å². The first-order valence-electron chi connectivity index (χ1n) is 6.43. The predicted molar refractivity (Wildman–Crippen MR) is 73.6 cm³/mol. The van der Waals surface area contributed by atoms with Gasteiger partial charge in [-0.25, -0.2) is 0 Å². The van der Waals surface area contributed by atoms with Gasteiger partial charge in [-0.3, -0.25) is 0 Å². The Morgan fingerprint density at radius 2 is 1.83 bits per heavy atom. The number of hydrogen-bond acceptors (Lipinski definition) is 2. The molecule has 1 heterocycles. The van der Waals surface area contributed by atoms with Gasteiger partial charge in [0.1, 0.15) is 5.75 Å². The van der Waals surface area contributed by atoms with Crippen molar-refractivity contribution in [2.24, 2.45) is 5.73 Å². The van der Waals surface area contributed by atoms with E-state index in [2.05, 4.69) is 36.4 Å². The highest BCUT2D eigenvalue weighted by atomic mass is 16.5. The number of benzene rings is 2. The molecule has 1 aliphatic heterocycles. The summed E-state index contributed by atoms with van der Waals surface area (Å²) in [7, 11) is 0. The lowest BCUT2D eigenvalue weighted by Gasteiger charge is -2.21. The molecule has 0 saturated carbocycles. The van der Waals surface area contributed by atoms with Crippen molar-refractivity contribution in [3.8, 4) is 16.9 Å². The van der Waals surface area contributed by atoms with Crippen molar-refractivity contribution < 1.29 is 4.74 Å². The van der Waals surface area contributed by atoms with Crippen LogP contribution in [0, 0.1) is 0 Å². The van der Waals surface area contributed by atoms with Crippen molar-refractivity contribution in [1.82, 2.24) is 0 Å². The van der Waals surface area contributed by atoms with Gasteiger partial charge in [-0.15, -0.1) is 0 Å². The van der Waals surface area contributed by atoms with Crippen LogP contribution in [0.4, 0.5) is 0 Å². The number of ether oxygens (including phenoxy) is 1. The quantitative estimate of drug-likeness (QED) is 0.873. The van der Waals surface area contributed by atoms with E-state index in [1.54, 1.807) is 0 Å². The maximum absolute atomic E-state index is 5.87. The van der Waals surface area contributed by atoms with Crippen LogP contribution < -0.4 is 10.5 Å². The molecular formula is C16H17NO. The third-order valence-electron chi connectivity index (χ3n) is 3.46. The molecule has 2 heteroatoms. The van der Waals surface area contributed by atoms with Crippen LogP contribution in [0.2, 0.25) is 0 Å². The third kappa shape index (κ3) is 1.89. The lowest BCUT2D eigenvalue weighted by molar-refractivity contribution is 0.289. The topological polar surface area (TPSA) is 35.2 Å². The van der Waals surface area contributed by atoms with Gasteiger partial charge in [0.25, 0.3) is 0 Å². The monoisotopic (exact) mass is 239 g/mol. The largest absolute Gasteiger partial charge is 0.493 e. The fraction of sp³-hybridized carbons (Fsp3) is 0.250. The SMILES string of the molecule is NCc1ccccc1-c1cccc2c1OCCC2. The van der Waals surface area contributed by atoms with Crippen LogP contribution >= 0.6 is 0 Å². The van der Waals surface area contributed by atoms with Crippen LogP contribution in [-0.2, 0) is 13.0 Å². The lowest BCUT2D eigenvalue weighted by Crippen LogP contribution is -2.09. The molecule has 0 bridgehead atoms. The van der Waals surface area contributed by atoms with Gasteiger partial charge in [0.2, 0.25) is 0 Å². The Balaban J connectivity index is 2.17. The highest BCUT2D eigenvalue weighted by molar-refractivity contribution is 5.75. The number of nitrogens with two attached hydrogens (primary N) is 1. The van der Waals surface area contributed by atoms with E-state index in [-0.39, 0.29) is 0 Å². The Labute approximate surface area is 107 Å². The first-order valence-corrected chi connectivity index (χ1v) is 6.43. The average molecular weight is 239 g/mol. The zero-order valence-electron chi connectivity index (χ0n) is 10.4. The second-order valence-corrected chi connectivity index (χ2v) is 4.61. The van der Waals surface area contributed by atoms with Crippen molar-refractivity contribution in [3.63, 3.8) is 0 Å². The Hall–Kier alpha value is -1.80. The molecule has 0 unspecified atom stereocenters. The molecule has 0 spiro atoms. The standard InChI is InChI=1S/C16H17NO/c17-11-13-5-1-2-8-14(13)15-9-3-6-12-7-4-10-18-16(12)15/h1-3,5-6,8-9H,4,7,10-11,17H2. The number of aryl methyl sites for hydroxylation is 1. The minimum Gasteiger partial charge on any atom is -0.493 e. The van der Waals surface area contributed by atoms with Crippen molar-refractivity contribution in [2.75, 3.05) is 6.61 Å². The van der Waals surface area contributed by atoms with Crippen LogP contribution in [0.15, 0.2) is 42.5 Å². The van der Waals surface area contributed by atoms with Gasteiger partial charge >= 0.3 is 0 Å². The maximum Gasteiger partial charge on any atom is 0.130 e. The van der Waals surface area contributed by atoms with Crippen LogP contribution in [0.5, 0.6) is 5.75 Å². The molecular weight excluding hydrogens is 222 g/mol. The van der Waals surface area contributed by atoms with Crippen molar-refractivity contribution in [2.45, 2.75) is 19.4 Å². The highest BCUT2D eigenvalue weighted by Gasteiger charge is 2.16. The van der Waals surface area contributed by atoms with E-state index < -0.39 is 0 Å². The fourth-order valence-electron chi connectivity index (χ4n) is 2.56. The Morgan fingerprint density at radius 1 is 1.00 bits per heavy atom. The normalized spacial score (nSPS) is 13.8. The van der Waals surface area contributed by atoms with Crippen molar-refractivity contribution in [1.29, 1.82) is 0 Å². The zero-order chi connectivity index (χ0) is 12.4. The second kappa shape index (κ2) is 4.83. The Kier molecular flexibility index (Phi) is 3.03. The molecule has 2 N–H and O–H groups in total. The van der Waals surface area contributed by atoms with Gasteiger partial charge in [0, 0.05) is 12.1 Å². The summed E-state index contributed by atoms with van der Waals surface area (Å²) in [4.78, 5) is 0. The number of fused-ring (bicyclic) bond motifs is 1. The zero-order valence-corrected chi connectivity index (χ0v) is 10.4. The summed E-state index contributed by atoms with van der Waals surface area (Å²) in [5.74, 6) is 1.05. The molecule has 3 rings (SSSR count). The van der Waals surface area contributed by atoms with Crippen molar-refractivity contribution >= 4 is 0 Å². The summed E-state index contributed by atoms with van der Waals surface area (Å²) >= 11 is 0. The van der Waals surface area contributed by atoms with Crippen LogP contribution in [0.1, 0.15) is 17.5 Å². The van der Waals surface area contributed by atoms with Gasteiger partial charge in [-0.05, 0) is 29.5 Å². The molecule has 0 saturated heterocycles. The summed E-state index contributed by atoms with van der Waals surface area (Å²) < 4.78 is 5.87. The number of rotatable bonds is 2. The number of para-hydroxylation sites is 1. The summed E-state index contributed by atoms with van der Waals surface area (Å²) in [6.07, 6.45) is 2.21. The van der Waals surface area contributed by atoms with E-state index in [9.17, 15) is 0 Å². The average Bonchev–Trinajstić information content (AvgIpc) is 2.46. The molecule has 18 heavy (non-hydrogen) atoms. The molecule has 0 amide bonds. The minimum absolute atomic E-state index is 0.555. The molecule has 1 aliphatic rings. The summed E-state index contributed by atoms with van der Waals surface area (Å²) in [5.41, 5.74) is 10.7. The van der Waals surface area contributed by atoms with Crippen LogP contribution in [0.3, 0.4) is 0 Å². The van der Waals surface area contributed by atoms with E-state index in [0.717, 1.165) is 25.2 Å². The Bertz CT molecular complexity index is 563. The van der Waals surface area contributed by atoms with E-state index in [1.807, 2.05) is 6.07 Å². The van der Waals surface area contributed by atoms with Gasteiger partial charge in [0.05, 0.1) is 6.61 Å². The predicted octanol–water partition coefficient (Wildman–Crippen LogP) is 3.14. The molecule has 0 atom stereocenters. The first-order chi connectivity index (χ1) is 8.90. The van der Waals surface area contributed by atoms with Gasteiger partial charge in [-0.2, -0.15) is 0 Å². The van der Waals surface area contributed by atoms with E-state index >= 15 is 0 Å². The lowest BCUT2D eigenvalue weighted by atomic mass is 9.94. The van der Waals surface area contributed by atoms with E-state index in [1.165, 1.54) is 22.3 Å². The van der Waals surface area contributed by atoms with Gasteiger partial charge in [-0.1, -0.05) is 42.5 Å². The second-order valence-electron chi connectivity index (χ2n) is 4.61.